The van der Waals surface area contributed by atoms with Gasteiger partial charge in [0.2, 0.25) is 5.91 Å². The normalized spacial score (nSPS) is 23.5. The number of carbonyl (C=O) groups is 3. The first-order chi connectivity index (χ1) is 10.2. The molecular formula is C13H11IN2O5S. The highest BCUT2D eigenvalue weighted by molar-refractivity contribution is 14.1. The van der Waals surface area contributed by atoms with E-state index in [0.29, 0.717) is 9.87 Å². The molecule has 2 aliphatic rings. The second kappa shape index (κ2) is 5.01. The van der Waals surface area contributed by atoms with E-state index in [0.717, 1.165) is 3.57 Å². The lowest BCUT2D eigenvalue weighted by molar-refractivity contribution is -0.135. The van der Waals surface area contributed by atoms with E-state index in [1.54, 1.807) is 13.0 Å². The lowest BCUT2D eigenvalue weighted by atomic mass is 10.0. The summed E-state index contributed by atoms with van der Waals surface area (Å²) in [5.41, 5.74) is 0.679. The molecule has 0 bridgehead atoms. The van der Waals surface area contributed by atoms with Gasteiger partial charge in [0.05, 0.1) is 5.56 Å². The van der Waals surface area contributed by atoms with Gasteiger partial charge in [-0.3, -0.25) is 19.7 Å². The van der Waals surface area contributed by atoms with Crippen LogP contribution in [-0.4, -0.2) is 36.5 Å². The van der Waals surface area contributed by atoms with Crippen LogP contribution in [-0.2, 0) is 19.6 Å². The molecule has 0 aromatic heterocycles. The highest BCUT2D eigenvalue weighted by atomic mass is 127. The Hall–Kier alpha value is -1.49. The van der Waals surface area contributed by atoms with Crippen LogP contribution in [0, 0.1) is 10.5 Å². The van der Waals surface area contributed by atoms with Crippen molar-refractivity contribution in [3.05, 3.63) is 26.8 Å². The molecule has 2 aliphatic heterocycles. The van der Waals surface area contributed by atoms with Crippen molar-refractivity contribution in [1.29, 1.82) is 0 Å². The topological polar surface area (TPSA) is 101 Å². The highest BCUT2D eigenvalue weighted by Crippen LogP contribution is 2.36. The number of halogens is 1. The number of piperidine rings is 1. The van der Waals surface area contributed by atoms with Crippen LogP contribution in [0.1, 0.15) is 28.8 Å². The number of hydrogen-bond acceptors (Lipinski definition) is 5. The Kier molecular flexibility index (Phi) is 3.51. The molecule has 1 atom stereocenters. The van der Waals surface area contributed by atoms with Crippen molar-refractivity contribution in [2.75, 3.05) is 0 Å². The highest BCUT2D eigenvalue weighted by Gasteiger charge is 2.49. The van der Waals surface area contributed by atoms with E-state index in [1.165, 1.54) is 6.07 Å². The minimum Gasteiger partial charge on any atom is -0.295 e. The van der Waals surface area contributed by atoms with Crippen molar-refractivity contribution >= 4 is 50.3 Å². The predicted octanol–water partition coefficient (Wildman–Crippen LogP) is 0.549. The van der Waals surface area contributed by atoms with Gasteiger partial charge in [0.1, 0.15) is 10.9 Å². The third-order valence-corrected chi connectivity index (χ3v) is 6.81. The molecule has 0 radical (unpaired) electrons. The SMILES string of the molecule is Cc1c(I)ccc2c1C(=O)N(C1CCC(=O)NC1=O)S2(=O)=O. The molecule has 0 spiro atoms. The van der Waals surface area contributed by atoms with Gasteiger partial charge >= 0.3 is 0 Å². The summed E-state index contributed by atoms with van der Waals surface area (Å²) in [5, 5.41) is 2.08. The maximum absolute atomic E-state index is 12.6. The summed E-state index contributed by atoms with van der Waals surface area (Å²) in [6.45, 7) is 1.67. The summed E-state index contributed by atoms with van der Waals surface area (Å²) in [7, 11) is -4.08. The van der Waals surface area contributed by atoms with Gasteiger partial charge in [0.15, 0.2) is 0 Å². The van der Waals surface area contributed by atoms with E-state index in [1.807, 2.05) is 22.6 Å². The van der Waals surface area contributed by atoms with Crippen LogP contribution in [0.2, 0.25) is 0 Å². The second-order valence-electron chi connectivity index (χ2n) is 5.12. The third-order valence-electron chi connectivity index (χ3n) is 3.80. The van der Waals surface area contributed by atoms with E-state index in [4.69, 9.17) is 0 Å². The molecule has 116 valence electrons. The minimum absolute atomic E-state index is 0.000233. The summed E-state index contributed by atoms with van der Waals surface area (Å²) in [6, 6.07) is 1.82. The average molecular weight is 434 g/mol. The second-order valence-corrected chi connectivity index (χ2v) is 8.06. The quantitative estimate of drug-likeness (QED) is 0.514. The molecule has 1 unspecified atom stereocenters. The van der Waals surface area contributed by atoms with Crippen LogP contribution in [0.3, 0.4) is 0 Å². The molecule has 1 N–H and O–H groups in total. The van der Waals surface area contributed by atoms with E-state index in [-0.39, 0.29) is 23.3 Å². The van der Waals surface area contributed by atoms with E-state index in [9.17, 15) is 22.8 Å². The van der Waals surface area contributed by atoms with Crippen molar-refractivity contribution < 1.29 is 22.8 Å². The number of carbonyl (C=O) groups excluding carboxylic acids is 3. The van der Waals surface area contributed by atoms with Gasteiger partial charge in [-0.2, -0.15) is 0 Å². The first kappa shape index (κ1) is 15.4. The Morgan fingerprint density at radius 2 is 1.95 bits per heavy atom. The zero-order valence-corrected chi connectivity index (χ0v) is 14.4. The molecule has 2 heterocycles. The van der Waals surface area contributed by atoms with Gasteiger partial charge in [0, 0.05) is 9.99 Å². The minimum atomic E-state index is -4.08. The summed E-state index contributed by atoms with van der Waals surface area (Å²) in [5.74, 6) is -1.93. The molecular weight excluding hydrogens is 423 g/mol. The number of sulfonamides is 1. The van der Waals surface area contributed by atoms with Crippen molar-refractivity contribution in [3.8, 4) is 0 Å². The zero-order chi connectivity index (χ0) is 16.2. The van der Waals surface area contributed by atoms with Crippen molar-refractivity contribution in [3.63, 3.8) is 0 Å². The number of imide groups is 1. The Balaban J connectivity index is 2.13. The van der Waals surface area contributed by atoms with Gasteiger partial charge in [-0.05, 0) is 53.6 Å². The van der Waals surface area contributed by atoms with Crippen molar-refractivity contribution in [2.45, 2.75) is 30.7 Å². The molecule has 3 amide bonds. The Labute approximate surface area is 140 Å². The lowest BCUT2D eigenvalue weighted by Crippen LogP contribution is -2.54. The van der Waals surface area contributed by atoms with Crippen LogP contribution in [0.5, 0.6) is 0 Å². The van der Waals surface area contributed by atoms with E-state index in [2.05, 4.69) is 5.32 Å². The molecule has 7 nitrogen and oxygen atoms in total. The number of amides is 3. The fraction of sp³-hybridized carbons (Fsp3) is 0.308. The molecule has 1 aromatic rings. The van der Waals surface area contributed by atoms with E-state index < -0.39 is 33.8 Å². The first-order valence-electron chi connectivity index (χ1n) is 6.46. The smallest absolute Gasteiger partial charge is 0.270 e. The molecule has 9 heteroatoms. The number of nitrogens with zero attached hydrogens (tertiary/aromatic N) is 1. The fourth-order valence-electron chi connectivity index (χ4n) is 2.68. The number of benzene rings is 1. The van der Waals surface area contributed by atoms with E-state index >= 15 is 0 Å². The first-order valence-corrected chi connectivity index (χ1v) is 8.98. The van der Waals surface area contributed by atoms with Crippen LogP contribution in [0.15, 0.2) is 17.0 Å². The van der Waals surface area contributed by atoms with Crippen LogP contribution >= 0.6 is 22.6 Å². The van der Waals surface area contributed by atoms with Crippen LogP contribution in [0.4, 0.5) is 0 Å². The summed E-state index contributed by atoms with van der Waals surface area (Å²) in [6.07, 6.45) is 0.00231. The number of rotatable bonds is 1. The monoisotopic (exact) mass is 434 g/mol. The Morgan fingerprint density at radius 1 is 1.27 bits per heavy atom. The van der Waals surface area contributed by atoms with Crippen LogP contribution in [0.25, 0.3) is 0 Å². The zero-order valence-electron chi connectivity index (χ0n) is 11.4. The molecule has 3 rings (SSSR count). The Morgan fingerprint density at radius 3 is 2.59 bits per heavy atom. The molecule has 0 aliphatic carbocycles. The van der Waals surface area contributed by atoms with Gasteiger partial charge in [-0.25, -0.2) is 12.7 Å². The van der Waals surface area contributed by atoms with Gasteiger partial charge < -0.3 is 0 Å². The average Bonchev–Trinajstić information content (AvgIpc) is 2.63. The maximum Gasteiger partial charge on any atom is 0.270 e. The number of fused-ring (bicyclic) bond motifs is 1. The molecule has 1 saturated heterocycles. The molecule has 1 fully saturated rings. The third kappa shape index (κ3) is 2.06. The summed E-state index contributed by atoms with van der Waals surface area (Å²) >= 11 is 2.02. The van der Waals surface area contributed by atoms with Crippen LogP contribution < -0.4 is 5.32 Å². The number of nitrogens with one attached hydrogen (secondary N) is 1. The number of hydrogen-bond donors (Lipinski definition) is 1. The van der Waals surface area contributed by atoms with Gasteiger partial charge in [0.25, 0.3) is 21.8 Å². The largest absolute Gasteiger partial charge is 0.295 e. The molecule has 0 saturated carbocycles. The fourth-order valence-corrected chi connectivity index (χ4v) is 4.93. The molecule has 22 heavy (non-hydrogen) atoms. The van der Waals surface area contributed by atoms with Gasteiger partial charge in [-0.1, -0.05) is 0 Å². The lowest BCUT2D eigenvalue weighted by Gasteiger charge is -2.28. The van der Waals surface area contributed by atoms with Crippen molar-refractivity contribution in [2.24, 2.45) is 0 Å². The molecule has 1 aromatic carbocycles. The predicted molar refractivity (Wildman–Crippen MR) is 83.4 cm³/mol. The Bertz CT molecular complexity index is 833. The van der Waals surface area contributed by atoms with Gasteiger partial charge in [-0.15, -0.1) is 0 Å². The summed E-state index contributed by atoms with van der Waals surface area (Å²) < 4.78 is 26.6. The maximum atomic E-state index is 12.6. The van der Waals surface area contributed by atoms with Crippen molar-refractivity contribution in [1.82, 2.24) is 9.62 Å². The standard InChI is InChI=1S/C13H11IN2O5S/c1-6-7(14)2-4-9-11(6)13(19)16(22(9,20)21)8-3-5-10(17)15-12(8)18/h2,4,8H,3,5H2,1H3,(H,15,17,18). The summed E-state index contributed by atoms with van der Waals surface area (Å²) in [4.78, 5) is 35.7.